The summed E-state index contributed by atoms with van der Waals surface area (Å²) in [7, 11) is -3.54. The van der Waals surface area contributed by atoms with Crippen LogP contribution in [-0.4, -0.2) is 18.0 Å². The first-order valence-electron chi connectivity index (χ1n) is 5.72. The highest BCUT2D eigenvalue weighted by Gasteiger charge is 2.17. The molecule has 5 nitrogen and oxygen atoms in total. The molecule has 0 bridgehead atoms. The van der Waals surface area contributed by atoms with E-state index in [9.17, 15) is 8.42 Å². The predicted octanol–water partition coefficient (Wildman–Crippen LogP) is 2.53. The molecule has 0 spiro atoms. The third-order valence-corrected chi connectivity index (χ3v) is 5.90. The van der Waals surface area contributed by atoms with Gasteiger partial charge in [0.05, 0.1) is 16.0 Å². The number of hydrogen-bond donors (Lipinski definition) is 1. The first-order valence-corrected chi connectivity index (χ1v) is 8.40. The van der Waals surface area contributed by atoms with Crippen LogP contribution in [-0.2, 0) is 16.6 Å². The molecule has 0 saturated carbocycles. The van der Waals surface area contributed by atoms with Crippen LogP contribution in [0.2, 0.25) is 4.34 Å². The van der Waals surface area contributed by atoms with Gasteiger partial charge in [0.25, 0.3) is 0 Å². The molecular weight excluding hydrogens is 318 g/mol. The van der Waals surface area contributed by atoms with Crippen LogP contribution < -0.4 is 4.72 Å². The largest absolute Gasteiger partial charge is 0.250 e. The number of sulfonamides is 1. The van der Waals surface area contributed by atoms with Gasteiger partial charge in [0.15, 0.2) is 0 Å². The minimum atomic E-state index is -3.54. The quantitative estimate of drug-likeness (QED) is 0.801. The summed E-state index contributed by atoms with van der Waals surface area (Å²) in [5, 5.41) is 4.16. The number of hydrogen-bond acceptors (Lipinski definition) is 4. The van der Waals surface area contributed by atoms with Crippen LogP contribution in [0.3, 0.4) is 0 Å². The first-order chi connectivity index (χ1) is 9.56. The number of nitrogens with zero attached hydrogens (tertiary/aromatic N) is 2. The van der Waals surface area contributed by atoms with E-state index in [2.05, 4.69) is 9.82 Å². The third kappa shape index (κ3) is 2.57. The van der Waals surface area contributed by atoms with Crippen LogP contribution >= 0.6 is 22.9 Å². The highest BCUT2D eigenvalue weighted by atomic mass is 35.5. The van der Waals surface area contributed by atoms with Gasteiger partial charge in [0, 0.05) is 18.3 Å². The van der Waals surface area contributed by atoms with Crippen molar-refractivity contribution >= 4 is 38.5 Å². The lowest BCUT2D eigenvalue weighted by Gasteiger charge is -2.03. The van der Waals surface area contributed by atoms with Crippen LogP contribution in [0.4, 0.5) is 0 Å². The summed E-state index contributed by atoms with van der Waals surface area (Å²) in [4.78, 5) is 0. The fraction of sp³-hybridized carbons (Fsp3) is 0.0833. The Balaban J connectivity index is 1.83. The monoisotopic (exact) mass is 327 g/mol. The van der Waals surface area contributed by atoms with Crippen molar-refractivity contribution in [3.63, 3.8) is 0 Å². The molecule has 0 aliphatic heterocycles. The van der Waals surface area contributed by atoms with Crippen LogP contribution in [0.25, 0.3) is 5.52 Å². The standard InChI is InChI=1S/C12H10ClN3O2S2/c13-11-4-5-12(19-11)20(17,18)15-8-9-7-14-16-6-2-1-3-10(9)16/h1-7,15H,8H2. The Labute approximate surface area is 124 Å². The molecule has 0 amide bonds. The van der Waals surface area contributed by atoms with E-state index in [0.717, 1.165) is 22.4 Å². The average molecular weight is 328 g/mol. The zero-order chi connectivity index (χ0) is 14.2. The van der Waals surface area contributed by atoms with Crippen molar-refractivity contribution in [2.24, 2.45) is 0 Å². The number of fused-ring (bicyclic) bond motifs is 1. The SMILES string of the molecule is O=S(=O)(NCc1cnn2ccccc12)c1ccc(Cl)s1. The molecule has 8 heteroatoms. The molecule has 3 rings (SSSR count). The van der Waals surface area contributed by atoms with E-state index in [1.165, 1.54) is 6.07 Å². The molecule has 3 heterocycles. The van der Waals surface area contributed by atoms with Crippen LogP contribution in [0.1, 0.15) is 5.56 Å². The number of pyridine rings is 1. The van der Waals surface area contributed by atoms with Gasteiger partial charge in [-0.15, -0.1) is 11.3 Å². The minimum absolute atomic E-state index is 0.186. The molecule has 0 aliphatic rings. The van der Waals surface area contributed by atoms with Crippen LogP contribution in [0.15, 0.2) is 46.9 Å². The number of nitrogens with one attached hydrogen (secondary N) is 1. The van der Waals surface area contributed by atoms with Crippen molar-refractivity contribution in [3.8, 4) is 0 Å². The fourth-order valence-electron chi connectivity index (χ4n) is 1.81. The Hall–Kier alpha value is -1.41. The number of aromatic nitrogens is 2. The van der Waals surface area contributed by atoms with E-state index >= 15 is 0 Å². The van der Waals surface area contributed by atoms with Gasteiger partial charge in [-0.05, 0) is 24.3 Å². The van der Waals surface area contributed by atoms with Gasteiger partial charge in [-0.1, -0.05) is 17.7 Å². The smallest absolute Gasteiger partial charge is 0.241 e. The van der Waals surface area contributed by atoms with Crippen molar-refractivity contribution in [2.75, 3.05) is 0 Å². The molecule has 0 fully saturated rings. The molecule has 0 aliphatic carbocycles. The number of halogens is 1. The first kappa shape index (κ1) is 13.6. The van der Waals surface area contributed by atoms with E-state index in [4.69, 9.17) is 11.6 Å². The lowest BCUT2D eigenvalue weighted by Crippen LogP contribution is -2.22. The Bertz CT molecular complexity index is 854. The highest BCUT2D eigenvalue weighted by molar-refractivity contribution is 7.91. The third-order valence-electron chi connectivity index (χ3n) is 2.77. The van der Waals surface area contributed by atoms with E-state index in [1.54, 1.807) is 16.8 Å². The van der Waals surface area contributed by atoms with Gasteiger partial charge >= 0.3 is 0 Å². The summed E-state index contributed by atoms with van der Waals surface area (Å²) in [6.07, 6.45) is 3.46. The molecule has 1 N–H and O–H groups in total. The summed E-state index contributed by atoms with van der Waals surface area (Å²) in [5.41, 5.74) is 1.69. The molecule has 20 heavy (non-hydrogen) atoms. The van der Waals surface area contributed by atoms with E-state index in [-0.39, 0.29) is 10.8 Å². The summed E-state index contributed by atoms with van der Waals surface area (Å²) < 4.78 is 29.1. The van der Waals surface area contributed by atoms with E-state index < -0.39 is 10.0 Å². The highest BCUT2D eigenvalue weighted by Crippen LogP contribution is 2.25. The summed E-state index contributed by atoms with van der Waals surface area (Å²) >= 11 is 6.79. The molecular formula is C12H10ClN3O2S2. The Morgan fingerprint density at radius 3 is 2.90 bits per heavy atom. The Morgan fingerprint density at radius 1 is 1.30 bits per heavy atom. The zero-order valence-corrected chi connectivity index (χ0v) is 12.5. The molecule has 0 unspecified atom stereocenters. The zero-order valence-electron chi connectivity index (χ0n) is 10.2. The van der Waals surface area contributed by atoms with E-state index in [1.807, 2.05) is 24.4 Å². The van der Waals surface area contributed by atoms with Crippen molar-refractivity contribution in [3.05, 3.63) is 52.6 Å². The molecule has 0 atom stereocenters. The van der Waals surface area contributed by atoms with Gasteiger partial charge in [0.1, 0.15) is 4.21 Å². The lowest BCUT2D eigenvalue weighted by molar-refractivity contribution is 0.583. The molecule has 0 aromatic carbocycles. The summed E-state index contributed by atoms with van der Waals surface area (Å²) in [6, 6.07) is 8.69. The molecule has 3 aromatic heterocycles. The van der Waals surface area contributed by atoms with Crippen LogP contribution in [0.5, 0.6) is 0 Å². The van der Waals surface area contributed by atoms with Gasteiger partial charge in [-0.25, -0.2) is 17.7 Å². The van der Waals surface area contributed by atoms with Crippen molar-refractivity contribution in [2.45, 2.75) is 10.8 Å². The molecule has 0 saturated heterocycles. The minimum Gasteiger partial charge on any atom is -0.241 e. The van der Waals surface area contributed by atoms with Gasteiger partial charge in [0.2, 0.25) is 10.0 Å². The normalized spacial score (nSPS) is 12.1. The lowest BCUT2D eigenvalue weighted by atomic mass is 10.3. The Morgan fingerprint density at radius 2 is 2.15 bits per heavy atom. The maximum absolute atomic E-state index is 12.1. The second kappa shape index (κ2) is 5.17. The van der Waals surface area contributed by atoms with Gasteiger partial charge in [-0.2, -0.15) is 5.10 Å². The second-order valence-corrected chi connectivity index (χ2v) is 7.79. The maximum Gasteiger partial charge on any atom is 0.250 e. The number of rotatable bonds is 4. The summed E-state index contributed by atoms with van der Waals surface area (Å²) in [6.45, 7) is 0.186. The average Bonchev–Trinajstić information content (AvgIpc) is 3.03. The van der Waals surface area contributed by atoms with Gasteiger partial charge in [-0.3, -0.25) is 0 Å². The number of thiophene rings is 1. The Kier molecular flexibility index (Phi) is 3.51. The van der Waals surface area contributed by atoms with Crippen molar-refractivity contribution in [1.29, 1.82) is 0 Å². The predicted molar refractivity (Wildman–Crippen MR) is 78.5 cm³/mol. The van der Waals surface area contributed by atoms with Crippen molar-refractivity contribution < 1.29 is 8.42 Å². The van der Waals surface area contributed by atoms with E-state index in [0.29, 0.717) is 4.34 Å². The maximum atomic E-state index is 12.1. The summed E-state index contributed by atoms with van der Waals surface area (Å²) in [5.74, 6) is 0. The molecule has 0 radical (unpaired) electrons. The van der Waals surface area contributed by atoms with Crippen molar-refractivity contribution in [1.82, 2.24) is 14.3 Å². The second-order valence-electron chi connectivity index (χ2n) is 4.08. The fourth-order valence-corrected chi connectivity index (χ4v) is 4.34. The molecule has 3 aromatic rings. The molecule has 104 valence electrons. The van der Waals surface area contributed by atoms with Crippen LogP contribution in [0, 0.1) is 0 Å². The topological polar surface area (TPSA) is 63.5 Å². The van der Waals surface area contributed by atoms with Gasteiger partial charge < -0.3 is 0 Å².